The summed E-state index contributed by atoms with van der Waals surface area (Å²) in [6.07, 6.45) is 0. The Balaban J connectivity index is 1.34. The average molecular weight is 1110 g/mol. The molecule has 0 spiro atoms. The minimum atomic E-state index is -1.86. The van der Waals surface area contributed by atoms with Crippen molar-refractivity contribution < 1.29 is 0 Å². The fourth-order valence-electron chi connectivity index (χ4n) is 8.18. The highest BCUT2D eigenvalue weighted by atomic mass is 32.1. The van der Waals surface area contributed by atoms with Gasteiger partial charge in [-0.05, 0) is 111 Å². The normalized spacial score (nSPS) is 14.2. The molecule has 0 N–H and O–H groups in total. The zero-order valence-electron chi connectivity index (χ0n) is 44.2. The summed E-state index contributed by atoms with van der Waals surface area (Å²) in [5.41, 5.74) is 5.77. The standard InChI is InChI=1S/C56H72S8Si4/c1-53(2,3)65(13,14)45-29-33-34-30-46(66(15,16)54(4,5)6)62-50(34)42-26-22-39(58-42)40-24-28-44(60-40)52-36(32-48(64-52)68(19,20)56(10,11)12)35-31-47(67(17,18)55(7,8)9)63-51(35)43-27-23-38(59-43)37-21-25-41(57-37)49(33)61-45/h21-32H,1-20H3. The van der Waals surface area contributed by atoms with E-state index in [0.29, 0.717) is 0 Å². The lowest BCUT2D eigenvalue weighted by Gasteiger charge is -2.36. The van der Waals surface area contributed by atoms with E-state index in [9.17, 15) is 0 Å². The summed E-state index contributed by atoms with van der Waals surface area (Å²) < 4.78 is 6.44. The maximum absolute atomic E-state index is 2.67. The van der Waals surface area contributed by atoms with Crippen LogP contribution in [0.25, 0.3) is 80.8 Å². The van der Waals surface area contributed by atoms with Gasteiger partial charge in [-0.3, -0.25) is 0 Å². The molecule has 0 nitrogen and oxygen atoms in total. The maximum Gasteiger partial charge on any atom is 0.0987 e. The quantitative estimate of drug-likeness (QED) is 0.154. The van der Waals surface area contributed by atoms with E-state index in [0.717, 1.165) is 0 Å². The van der Waals surface area contributed by atoms with Crippen LogP contribution < -0.4 is 18.0 Å². The monoisotopic (exact) mass is 1110 g/mol. The second kappa shape index (κ2) is 17.0. The molecule has 0 radical (unpaired) electrons. The van der Waals surface area contributed by atoms with Gasteiger partial charge in [0, 0.05) is 61.3 Å². The Morgan fingerprint density at radius 3 is 0.574 bits per heavy atom. The largest absolute Gasteiger partial charge is 0.143 e. The van der Waals surface area contributed by atoms with Gasteiger partial charge in [0.2, 0.25) is 0 Å². The van der Waals surface area contributed by atoms with Crippen LogP contribution in [0.4, 0.5) is 0 Å². The lowest BCUT2D eigenvalue weighted by Crippen LogP contribution is -2.47. The molecule has 360 valence electrons. The first kappa shape index (κ1) is 51.4. The molecule has 0 atom stereocenters. The highest BCUT2D eigenvalue weighted by molar-refractivity contribution is 7.36. The zero-order valence-corrected chi connectivity index (χ0v) is 54.7. The molecule has 0 saturated heterocycles. The molecular formula is C56H72S8Si4. The first-order valence-electron chi connectivity index (χ1n) is 24.2. The van der Waals surface area contributed by atoms with Crippen molar-refractivity contribution in [1.82, 2.24) is 0 Å². The second-order valence-electron chi connectivity index (χ2n) is 25.6. The highest BCUT2D eigenvalue weighted by Crippen LogP contribution is 2.55. The SMILES string of the molecule is CC(C)(C)[Si](C)(C)c1cc2c(s1)-c1ccc(s1)-c1ccc(s1)-c1sc([Si](C)(C)C(C)(C)C)cc1-c1cc([Si](C)(C)C(C)(C)C)sc1-c1ccc(s1)-c1ccc(s1)-c1sc([Si](C)(C)C(C)(C)C)cc1-2. The first-order valence-corrected chi connectivity index (χ1v) is 42.8. The lowest BCUT2D eigenvalue weighted by molar-refractivity contribution is 0.730. The van der Waals surface area contributed by atoms with Crippen molar-refractivity contribution in [3.05, 3.63) is 72.8 Å². The molecule has 8 aromatic rings. The van der Waals surface area contributed by atoms with Gasteiger partial charge in [0.1, 0.15) is 0 Å². The van der Waals surface area contributed by atoms with E-state index in [1.165, 1.54) is 80.8 Å². The van der Waals surface area contributed by atoms with E-state index in [2.05, 4.69) is 254 Å². The molecule has 68 heavy (non-hydrogen) atoms. The number of fused-ring (bicyclic) bond motifs is 20. The Hall–Kier alpha value is -1.53. The van der Waals surface area contributed by atoms with E-state index < -0.39 is 32.3 Å². The molecule has 1 aliphatic rings. The van der Waals surface area contributed by atoms with Gasteiger partial charge in [-0.25, -0.2) is 0 Å². The molecule has 9 rings (SSSR count). The third kappa shape index (κ3) is 8.53. The van der Waals surface area contributed by atoms with Crippen molar-refractivity contribution >= 4 is 141 Å². The van der Waals surface area contributed by atoms with Crippen LogP contribution in [0.1, 0.15) is 83.1 Å². The van der Waals surface area contributed by atoms with Crippen molar-refractivity contribution in [2.75, 3.05) is 0 Å². The smallest absolute Gasteiger partial charge is 0.0987 e. The van der Waals surface area contributed by atoms with Crippen LogP contribution in [0.3, 0.4) is 0 Å². The average Bonchev–Trinajstić information content (AvgIpc) is 4.06. The Morgan fingerprint density at radius 1 is 0.250 bits per heavy atom. The van der Waals surface area contributed by atoms with Gasteiger partial charge >= 0.3 is 0 Å². The molecule has 0 amide bonds. The highest BCUT2D eigenvalue weighted by Gasteiger charge is 2.44. The minimum absolute atomic E-state index is 0.233. The van der Waals surface area contributed by atoms with Crippen molar-refractivity contribution in [2.24, 2.45) is 0 Å². The van der Waals surface area contributed by atoms with Gasteiger partial charge in [0.25, 0.3) is 0 Å². The lowest BCUT2D eigenvalue weighted by atomic mass is 10.1. The third-order valence-corrected chi connectivity index (χ3v) is 54.4. The minimum Gasteiger partial charge on any atom is -0.143 e. The summed E-state index contributed by atoms with van der Waals surface area (Å²) in [7, 11) is -7.45. The predicted octanol–water partition coefficient (Wildman–Crippen LogP) is 20.7. The molecule has 8 bridgehead atoms. The van der Waals surface area contributed by atoms with Gasteiger partial charge in [0.15, 0.2) is 0 Å². The van der Waals surface area contributed by atoms with Gasteiger partial charge < -0.3 is 0 Å². The third-order valence-electron chi connectivity index (χ3n) is 17.3. The molecule has 8 aromatic heterocycles. The van der Waals surface area contributed by atoms with Gasteiger partial charge in [-0.1, -0.05) is 135 Å². The summed E-state index contributed by atoms with van der Waals surface area (Å²) in [6.45, 7) is 50.5. The summed E-state index contributed by atoms with van der Waals surface area (Å²) in [5, 5.41) is 0.932. The Labute approximate surface area is 445 Å². The van der Waals surface area contributed by atoms with Gasteiger partial charge in [-0.2, -0.15) is 0 Å². The molecule has 0 aliphatic carbocycles. The summed E-state index contributed by atoms with van der Waals surface area (Å²) in [4.78, 5) is 16.9. The van der Waals surface area contributed by atoms with E-state index >= 15 is 0 Å². The number of thiophene rings is 8. The van der Waals surface area contributed by atoms with Gasteiger partial charge in [-0.15, -0.1) is 90.7 Å². The molecule has 9 heterocycles. The van der Waals surface area contributed by atoms with Crippen molar-refractivity contribution in [3.63, 3.8) is 0 Å². The van der Waals surface area contributed by atoms with Crippen molar-refractivity contribution in [2.45, 2.75) is 156 Å². The summed E-state index contributed by atoms with van der Waals surface area (Å²) in [6, 6.07) is 30.2. The van der Waals surface area contributed by atoms with Crippen molar-refractivity contribution in [3.8, 4) is 80.8 Å². The van der Waals surface area contributed by atoms with Crippen LogP contribution in [-0.2, 0) is 0 Å². The molecule has 0 fully saturated rings. The number of hydrogen-bond acceptors (Lipinski definition) is 8. The Morgan fingerprint density at radius 2 is 0.412 bits per heavy atom. The molecule has 1 aliphatic heterocycles. The maximum atomic E-state index is 2.67. The van der Waals surface area contributed by atoms with Crippen molar-refractivity contribution in [1.29, 1.82) is 0 Å². The van der Waals surface area contributed by atoms with E-state index in [1.807, 2.05) is 45.3 Å². The molecule has 0 aromatic carbocycles. The molecule has 0 saturated carbocycles. The van der Waals surface area contributed by atoms with Crippen LogP contribution in [0.15, 0.2) is 72.8 Å². The number of hydrogen-bond donors (Lipinski definition) is 0. The van der Waals surface area contributed by atoms with Crippen LogP contribution in [0.2, 0.25) is 72.5 Å². The number of rotatable bonds is 4. The van der Waals surface area contributed by atoms with Crippen LogP contribution in [-0.4, -0.2) is 32.3 Å². The predicted molar refractivity (Wildman–Crippen MR) is 334 cm³/mol. The fraction of sp³-hybridized carbons (Fsp3) is 0.429. The zero-order chi connectivity index (χ0) is 49.7. The first-order chi connectivity index (χ1) is 31.2. The Kier molecular flexibility index (Phi) is 12.9. The summed E-state index contributed by atoms with van der Waals surface area (Å²) >= 11 is 16.4. The van der Waals surface area contributed by atoms with E-state index in [-0.39, 0.29) is 20.2 Å². The Bertz CT molecular complexity index is 2750. The van der Waals surface area contributed by atoms with Gasteiger partial charge in [0.05, 0.1) is 51.8 Å². The van der Waals surface area contributed by atoms with E-state index in [1.54, 1.807) is 18.0 Å². The molecular weight excluding hydrogens is 1040 g/mol. The van der Waals surface area contributed by atoms with Crippen LogP contribution in [0, 0.1) is 0 Å². The van der Waals surface area contributed by atoms with E-state index in [4.69, 9.17) is 0 Å². The summed E-state index contributed by atoms with van der Waals surface area (Å²) in [5.74, 6) is 0. The molecule has 12 heteroatoms. The van der Waals surface area contributed by atoms with Crippen LogP contribution in [0.5, 0.6) is 0 Å². The molecule has 0 unspecified atom stereocenters. The topological polar surface area (TPSA) is 0 Å². The van der Waals surface area contributed by atoms with Crippen LogP contribution >= 0.6 is 90.7 Å². The fourth-order valence-corrected chi connectivity index (χ4v) is 30.5. The second-order valence-corrected chi connectivity index (χ2v) is 56.7.